The normalized spacial score (nSPS) is 18.1. The molecule has 1 atom stereocenters. The molecular formula is C23H16N2O4S2. The van der Waals surface area contributed by atoms with Gasteiger partial charge in [-0.3, -0.25) is 14.5 Å². The van der Waals surface area contributed by atoms with Gasteiger partial charge in [0.15, 0.2) is 5.13 Å². The second-order valence-electron chi connectivity index (χ2n) is 6.88. The molecule has 31 heavy (non-hydrogen) atoms. The number of benzene rings is 2. The third-order valence-corrected chi connectivity index (χ3v) is 7.04. The van der Waals surface area contributed by atoms with Crippen molar-refractivity contribution in [3.05, 3.63) is 82.1 Å². The Hall–Kier alpha value is -3.49. The number of hydrogen-bond donors (Lipinski definition) is 1. The number of aliphatic hydroxyl groups excluding tert-OH is 1. The maximum Gasteiger partial charge on any atom is 0.301 e. The van der Waals surface area contributed by atoms with Gasteiger partial charge in [-0.05, 0) is 29.6 Å². The first-order valence-corrected chi connectivity index (χ1v) is 11.1. The summed E-state index contributed by atoms with van der Waals surface area (Å²) in [6.45, 7) is 0. The van der Waals surface area contributed by atoms with Crippen LogP contribution in [-0.4, -0.2) is 28.9 Å². The second kappa shape index (κ2) is 7.64. The lowest BCUT2D eigenvalue weighted by Gasteiger charge is -2.21. The lowest BCUT2D eigenvalue weighted by atomic mass is 10.00. The van der Waals surface area contributed by atoms with Crippen LogP contribution >= 0.6 is 22.7 Å². The summed E-state index contributed by atoms with van der Waals surface area (Å²) < 4.78 is 6.12. The molecule has 0 spiro atoms. The molecule has 1 amide bonds. The predicted molar refractivity (Wildman–Crippen MR) is 122 cm³/mol. The molecule has 5 rings (SSSR count). The molecule has 1 aliphatic rings. The van der Waals surface area contributed by atoms with Crippen LogP contribution in [0.1, 0.15) is 16.5 Å². The van der Waals surface area contributed by atoms with E-state index in [4.69, 9.17) is 4.74 Å². The smallest absolute Gasteiger partial charge is 0.301 e. The second-order valence-corrected chi connectivity index (χ2v) is 8.87. The van der Waals surface area contributed by atoms with Gasteiger partial charge in [0, 0.05) is 10.4 Å². The van der Waals surface area contributed by atoms with Crippen molar-refractivity contribution in [2.24, 2.45) is 0 Å². The van der Waals surface area contributed by atoms with Crippen molar-refractivity contribution >= 4 is 55.5 Å². The summed E-state index contributed by atoms with van der Waals surface area (Å²) in [5.41, 5.74) is 1.25. The Bertz CT molecular complexity index is 1330. The number of methoxy groups -OCH3 is 1. The van der Waals surface area contributed by atoms with Crippen molar-refractivity contribution in [1.29, 1.82) is 0 Å². The van der Waals surface area contributed by atoms with Crippen LogP contribution in [0, 0.1) is 0 Å². The van der Waals surface area contributed by atoms with E-state index in [0.29, 0.717) is 22.0 Å². The van der Waals surface area contributed by atoms with E-state index in [1.807, 2.05) is 35.7 Å². The Morgan fingerprint density at radius 1 is 1.10 bits per heavy atom. The molecule has 0 bridgehead atoms. The largest absolute Gasteiger partial charge is 0.507 e. The van der Waals surface area contributed by atoms with Crippen LogP contribution in [0.3, 0.4) is 0 Å². The van der Waals surface area contributed by atoms with Crippen LogP contribution in [0.15, 0.2) is 71.6 Å². The van der Waals surface area contributed by atoms with Crippen molar-refractivity contribution in [3.63, 3.8) is 0 Å². The molecule has 1 saturated heterocycles. The Labute approximate surface area is 185 Å². The van der Waals surface area contributed by atoms with Crippen molar-refractivity contribution in [3.8, 4) is 5.75 Å². The Morgan fingerprint density at radius 3 is 2.61 bits per heavy atom. The zero-order valence-corrected chi connectivity index (χ0v) is 17.9. The third kappa shape index (κ3) is 3.20. The summed E-state index contributed by atoms with van der Waals surface area (Å²) in [6, 6.07) is 17.2. The summed E-state index contributed by atoms with van der Waals surface area (Å²) in [5, 5.41) is 13.3. The van der Waals surface area contributed by atoms with E-state index in [9.17, 15) is 14.7 Å². The van der Waals surface area contributed by atoms with Gasteiger partial charge in [0.25, 0.3) is 5.78 Å². The molecule has 4 aromatic rings. The monoisotopic (exact) mass is 448 g/mol. The van der Waals surface area contributed by atoms with E-state index in [1.165, 1.54) is 27.6 Å². The molecule has 1 aliphatic heterocycles. The number of nitrogens with zero attached hydrogens (tertiary/aromatic N) is 2. The molecule has 1 N–H and O–H groups in total. The van der Waals surface area contributed by atoms with E-state index in [0.717, 1.165) is 9.58 Å². The molecule has 1 fully saturated rings. The van der Waals surface area contributed by atoms with Gasteiger partial charge in [0.1, 0.15) is 17.6 Å². The highest BCUT2D eigenvalue weighted by molar-refractivity contribution is 7.22. The fourth-order valence-corrected chi connectivity index (χ4v) is 5.46. The molecular weight excluding hydrogens is 432 g/mol. The number of aliphatic hydroxyl groups is 1. The Morgan fingerprint density at radius 2 is 1.90 bits per heavy atom. The summed E-state index contributed by atoms with van der Waals surface area (Å²) in [5.74, 6) is -0.940. The lowest BCUT2D eigenvalue weighted by Crippen LogP contribution is -2.28. The van der Waals surface area contributed by atoms with Gasteiger partial charge in [0.2, 0.25) is 0 Å². The number of Topliss-reactive ketones (excluding diaryl/α,β-unsaturated/α-hetero) is 1. The van der Waals surface area contributed by atoms with Gasteiger partial charge in [-0.25, -0.2) is 4.98 Å². The van der Waals surface area contributed by atoms with Crippen molar-refractivity contribution < 1.29 is 19.4 Å². The minimum atomic E-state index is -0.748. The zero-order valence-electron chi connectivity index (χ0n) is 16.3. The number of ketones is 1. The number of anilines is 1. The van der Waals surface area contributed by atoms with Crippen LogP contribution in [0.25, 0.3) is 16.0 Å². The fraction of sp³-hybridized carbons (Fsp3) is 0.0870. The minimum absolute atomic E-state index is 0.0653. The third-order valence-electron chi connectivity index (χ3n) is 5.09. The summed E-state index contributed by atoms with van der Waals surface area (Å²) in [7, 11) is 1.59. The Balaban J connectivity index is 1.70. The van der Waals surface area contributed by atoms with Gasteiger partial charge >= 0.3 is 5.91 Å². The molecule has 8 heteroatoms. The molecule has 0 aliphatic carbocycles. The summed E-state index contributed by atoms with van der Waals surface area (Å²) >= 11 is 2.72. The molecule has 2 aromatic carbocycles. The molecule has 2 aromatic heterocycles. The molecule has 0 radical (unpaired) electrons. The van der Waals surface area contributed by atoms with Gasteiger partial charge < -0.3 is 9.84 Å². The average molecular weight is 449 g/mol. The first-order valence-electron chi connectivity index (χ1n) is 9.43. The summed E-state index contributed by atoms with van der Waals surface area (Å²) in [6.07, 6.45) is 0. The van der Waals surface area contributed by atoms with Crippen LogP contribution in [0.2, 0.25) is 0 Å². The number of thiazole rings is 1. The van der Waals surface area contributed by atoms with E-state index < -0.39 is 17.7 Å². The topological polar surface area (TPSA) is 79.7 Å². The zero-order chi connectivity index (χ0) is 21.5. The van der Waals surface area contributed by atoms with E-state index in [-0.39, 0.29) is 11.3 Å². The molecule has 3 heterocycles. The standard InChI is InChI=1S/C23H16N2O4S2/c1-29-14-9-10-15-17(12-14)31-23(24-15)25-19(16-8-5-11-30-16)18(21(27)22(25)28)20(26)13-6-3-2-4-7-13/h2-12,19,26H,1H3. The number of hydrogen-bond acceptors (Lipinski definition) is 7. The highest BCUT2D eigenvalue weighted by atomic mass is 32.1. The first-order chi connectivity index (χ1) is 15.1. The maximum atomic E-state index is 13.1. The van der Waals surface area contributed by atoms with Crippen molar-refractivity contribution in [2.75, 3.05) is 12.0 Å². The number of carbonyl (C=O) groups is 2. The number of amides is 1. The number of fused-ring (bicyclic) bond motifs is 1. The molecule has 154 valence electrons. The predicted octanol–water partition coefficient (Wildman–Crippen LogP) is 4.99. The fourth-order valence-electron chi connectivity index (χ4n) is 3.62. The number of ether oxygens (including phenoxy) is 1. The number of aromatic nitrogens is 1. The van der Waals surface area contributed by atoms with Crippen LogP contribution in [-0.2, 0) is 9.59 Å². The van der Waals surface area contributed by atoms with E-state index in [2.05, 4.69) is 4.98 Å². The van der Waals surface area contributed by atoms with Crippen LogP contribution < -0.4 is 9.64 Å². The van der Waals surface area contributed by atoms with Crippen molar-refractivity contribution in [1.82, 2.24) is 4.98 Å². The Kier molecular flexibility index (Phi) is 4.80. The number of carbonyl (C=O) groups excluding carboxylic acids is 2. The van der Waals surface area contributed by atoms with Gasteiger partial charge in [0.05, 0.1) is 22.9 Å². The van der Waals surface area contributed by atoms with E-state index >= 15 is 0 Å². The quantitative estimate of drug-likeness (QED) is 0.270. The maximum absolute atomic E-state index is 13.1. The highest BCUT2D eigenvalue weighted by Gasteiger charge is 2.48. The van der Waals surface area contributed by atoms with Crippen molar-refractivity contribution in [2.45, 2.75) is 6.04 Å². The minimum Gasteiger partial charge on any atom is -0.507 e. The summed E-state index contributed by atoms with van der Waals surface area (Å²) in [4.78, 5) is 33.0. The van der Waals surface area contributed by atoms with E-state index in [1.54, 1.807) is 37.4 Å². The molecule has 6 nitrogen and oxygen atoms in total. The first kappa shape index (κ1) is 19.5. The SMILES string of the molecule is COc1ccc2nc(N3C(=O)C(=O)C(=C(O)c4ccccc4)C3c3cccs3)sc2c1. The lowest BCUT2D eigenvalue weighted by molar-refractivity contribution is -0.132. The number of thiophene rings is 1. The molecule has 1 unspecified atom stereocenters. The highest BCUT2D eigenvalue weighted by Crippen LogP contribution is 2.45. The van der Waals surface area contributed by atoms with Gasteiger partial charge in [-0.1, -0.05) is 47.7 Å². The number of rotatable bonds is 4. The van der Waals surface area contributed by atoms with Gasteiger partial charge in [-0.15, -0.1) is 11.3 Å². The van der Waals surface area contributed by atoms with Crippen LogP contribution in [0.5, 0.6) is 5.75 Å². The van der Waals surface area contributed by atoms with Crippen LogP contribution in [0.4, 0.5) is 5.13 Å². The van der Waals surface area contributed by atoms with Gasteiger partial charge in [-0.2, -0.15) is 0 Å². The molecule has 0 saturated carbocycles. The average Bonchev–Trinajstić information content (AvgIpc) is 3.52.